The van der Waals surface area contributed by atoms with Crippen LogP contribution >= 0.6 is 11.6 Å². The van der Waals surface area contributed by atoms with E-state index in [4.69, 9.17) is 11.6 Å². The normalized spacial score (nSPS) is 13.2. The minimum atomic E-state index is -0.889. The number of nitriles is 1. The molecule has 0 saturated carbocycles. The summed E-state index contributed by atoms with van der Waals surface area (Å²) >= 11 is 6.26. The topological polar surface area (TPSA) is 82.7 Å². The first-order chi connectivity index (χ1) is 11.4. The second-order valence-electron chi connectivity index (χ2n) is 5.99. The third-order valence-electron chi connectivity index (χ3n) is 3.94. The molecule has 0 radical (unpaired) electrons. The van der Waals surface area contributed by atoms with E-state index in [9.17, 15) is 10.1 Å². The van der Waals surface area contributed by atoms with E-state index in [1.807, 2.05) is 32.0 Å². The van der Waals surface area contributed by atoms with Crippen LogP contribution in [0.3, 0.4) is 0 Å². The van der Waals surface area contributed by atoms with Crippen molar-refractivity contribution >= 4 is 23.2 Å². The number of amides is 1. The average molecular weight is 346 g/mol. The first-order valence-electron chi connectivity index (χ1n) is 7.61. The number of nitrogens with one attached hydrogen (secondary N) is 2. The number of carbonyl (C=O) groups excluding carboxylic acids is 1. The maximum Gasteiger partial charge on any atom is 0.240 e. The first kappa shape index (κ1) is 17.8. The molecule has 0 aliphatic heterocycles. The molecule has 24 heavy (non-hydrogen) atoms. The summed E-state index contributed by atoms with van der Waals surface area (Å²) in [5, 5.41) is 19.7. The van der Waals surface area contributed by atoms with Crippen LogP contribution in [0.4, 0.5) is 5.69 Å². The number of rotatable bonds is 6. The monoisotopic (exact) mass is 345 g/mol. The van der Waals surface area contributed by atoms with Gasteiger partial charge in [0.2, 0.25) is 5.91 Å². The molecule has 1 amide bonds. The molecule has 126 valence electrons. The number of nitrogens with zero attached hydrogens (tertiary/aromatic N) is 3. The molecule has 7 heteroatoms. The molecule has 0 bridgehead atoms. The number of aromatic nitrogens is 2. The second kappa shape index (κ2) is 7.37. The molecular weight excluding hydrogens is 326 g/mol. The Labute approximate surface area is 146 Å². The lowest BCUT2D eigenvalue weighted by Crippen LogP contribution is -2.50. The fraction of sp³-hybridized carbons (Fsp3) is 0.353. The van der Waals surface area contributed by atoms with Gasteiger partial charge < -0.3 is 10.6 Å². The van der Waals surface area contributed by atoms with Crippen molar-refractivity contribution in [2.75, 3.05) is 11.9 Å². The predicted octanol–water partition coefficient (Wildman–Crippen LogP) is 2.99. The number of hydrogen-bond donors (Lipinski definition) is 2. The summed E-state index contributed by atoms with van der Waals surface area (Å²) < 4.78 is 1.67. The molecule has 2 N–H and O–H groups in total. The Morgan fingerprint density at radius 2 is 2.25 bits per heavy atom. The Bertz CT molecular complexity index is 751. The van der Waals surface area contributed by atoms with Crippen molar-refractivity contribution in [2.45, 2.75) is 26.3 Å². The number of benzene rings is 1. The van der Waals surface area contributed by atoms with Gasteiger partial charge in [-0.25, -0.2) is 4.68 Å². The Kier molecular flexibility index (Phi) is 5.47. The predicted molar refractivity (Wildman–Crippen MR) is 94.1 cm³/mol. The summed E-state index contributed by atoms with van der Waals surface area (Å²) in [6.45, 7) is 5.56. The second-order valence-corrected chi connectivity index (χ2v) is 6.39. The van der Waals surface area contributed by atoms with Crippen molar-refractivity contribution in [3.63, 3.8) is 0 Å². The van der Waals surface area contributed by atoms with E-state index < -0.39 is 5.54 Å². The van der Waals surface area contributed by atoms with Gasteiger partial charge in [0.15, 0.2) is 0 Å². The highest BCUT2D eigenvalue weighted by Gasteiger charge is 2.29. The van der Waals surface area contributed by atoms with Crippen LogP contribution in [0.25, 0.3) is 5.69 Å². The van der Waals surface area contributed by atoms with E-state index in [0.29, 0.717) is 10.7 Å². The van der Waals surface area contributed by atoms with Crippen molar-refractivity contribution in [3.05, 3.63) is 41.7 Å². The van der Waals surface area contributed by atoms with Crippen molar-refractivity contribution < 1.29 is 4.79 Å². The molecule has 2 rings (SSSR count). The summed E-state index contributed by atoms with van der Waals surface area (Å²) in [5.41, 5.74) is 0.586. The number of anilines is 1. The smallest absolute Gasteiger partial charge is 0.240 e. The van der Waals surface area contributed by atoms with Crippen LogP contribution in [-0.2, 0) is 4.79 Å². The number of carbonyl (C=O) groups is 1. The third-order valence-corrected chi connectivity index (χ3v) is 4.24. The van der Waals surface area contributed by atoms with E-state index in [1.54, 1.807) is 30.1 Å². The van der Waals surface area contributed by atoms with Gasteiger partial charge in [0.1, 0.15) is 5.54 Å². The van der Waals surface area contributed by atoms with Gasteiger partial charge in [-0.1, -0.05) is 25.4 Å². The Morgan fingerprint density at radius 1 is 1.50 bits per heavy atom. The molecule has 0 fully saturated rings. The minimum Gasteiger partial charge on any atom is -0.376 e. The molecule has 1 unspecified atom stereocenters. The molecule has 1 heterocycles. The van der Waals surface area contributed by atoms with Gasteiger partial charge in [0, 0.05) is 18.1 Å². The highest BCUT2D eigenvalue weighted by atomic mass is 35.5. The summed E-state index contributed by atoms with van der Waals surface area (Å²) in [5.74, 6) is -0.241. The third kappa shape index (κ3) is 4.06. The van der Waals surface area contributed by atoms with Crippen LogP contribution < -0.4 is 10.6 Å². The zero-order chi connectivity index (χ0) is 17.7. The molecule has 1 aromatic heterocycles. The largest absolute Gasteiger partial charge is 0.376 e. The van der Waals surface area contributed by atoms with Crippen LogP contribution in [0, 0.1) is 17.2 Å². The van der Waals surface area contributed by atoms with Gasteiger partial charge in [-0.3, -0.25) is 4.79 Å². The Hall–Kier alpha value is -2.52. The van der Waals surface area contributed by atoms with Crippen LogP contribution in [-0.4, -0.2) is 27.8 Å². The van der Waals surface area contributed by atoms with Gasteiger partial charge in [-0.05, 0) is 37.1 Å². The van der Waals surface area contributed by atoms with Crippen molar-refractivity contribution in [1.29, 1.82) is 5.26 Å². The SMILES string of the molecule is CC(C)C(C)(C#N)NC(=O)CNc1ccc(-n2cccn2)c(Cl)c1. The van der Waals surface area contributed by atoms with Crippen molar-refractivity contribution in [3.8, 4) is 11.8 Å². The highest BCUT2D eigenvalue weighted by Crippen LogP contribution is 2.23. The lowest BCUT2D eigenvalue weighted by Gasteiger charge is -2.27. The molecule has 6 nitrogen and oxygen atoms in total. The standard InChI is InChI=1S/C17H20ClN5O/c1-12(2)17(3,11-19)22-16(24)10-20-13-5-6-15(14(18)9-13)23-8-4-7-21-23/h4-9,12,20H,10H2,1-3H3,(H,22,24). The lowest BCUT2D eigenvalue weighted by atomic mass is 9.90. The Balaban J connectivity index is 1.99. The van der Waals surface area contributed by atoms with E-state index in [1.165, 1.54) is 0 Å². The number of hydrogen-bond acceptors (Lipinski definition) is 4. The summed E-state index contributed by atoms with van der Waals surface area (Å²) in [6, 6.07) is 9.34. The molecule has 0 aliphatic rings. The van der Waals surface area contributed by atoms with Gasteiger partial charge >= 0.3 is 0 Å². The van der Waals surface area contributed by atoms with Crippen LogP contribution in [0.2, 0.25) is 5.02 Å². The zero-order valence-corrected chi connectivity index (χ0v) is 14.6. The van der Waals surface area contributed by atoms with Gasteiger partial charge in [-0.15, -0.1) is 0 Å². The van der Waals surface area contributed by atoms with E-state index in [0.717, 1.165) is 5.69 Å². The highest BCUT2D eigenvalue weighted by molar-refractivity contribution is 6.32. The van der Waals surface area contributed by atoms with E-state index >= 15 is 0 Å². The first-order valence-corrected chi connectivity index (χ1v) is 7.99. The van der Waals surface area contributed by atoms with Gasteiger partial charge in [-0.2, -0.15) is 10.4 Å². The molecule has 1 aromatic carbocycles. The molecular formula is C17H20ClN5O. The molecule has 0 aliphatic carbocycles. The summed E-state index contributed by atoms with van der Waals surface area (Å²) in [4.78, 5) is 12.1. The van der Waals surface area contributed by atoms with Crippen molar-refractivity contribution in [1.82, 2.24) is 15.1 Å². The summed E-state index contributed by atoms with van der Waals surface area (Å²) in [7, 11) is 0. The van der Waals surface area contributed by atoms with Crippen LogP contribution in [0.15, 0.2) is 36.7 Å². The lowest BCUT2D eigenvalue weighted by molar-refractivity contribution is -0.121. The molecule has 2 aromatic rings. The van der Waals surface area contributed by atoms with E-state index in [-0.39, 0.29) is 18.4 Å². The number of halogens is 1. The fourth-order valence-electron chi connectivity index (χ4n) is 2.03. The van der Waals surface area contributed by atoms with E-state index in [2.05, 4.69) is 21.8 Å². The Morgan fingerprint density at radius 3 is 2.79 bits per heavy atom. The molecule has 1 atom stereocenters. The summed E-state index contributed by atoms with van der Waals surface area (Å²) in [6.07, 6.45) is 3.48. The zero-order valence-electron chi connectivity index (χ0n) is 13.9. The van der Waals surface area contributed by atoms with Crippen LogP contribution in [0.5, 0.6) is 0 Å². The van der Waals surface area contributed by atoms with Gasteiger partial charge in [0.25, 0.3) is 0 Å². The molecule has 0 spiro atoms. The maximum absolute atomic E-state index is 12.1. The fourth-order valence-corrected chi connectivity index (χ4v) is 2.30. The quantitative estimate of drug-likeness (QED) is 0.843. The van der Waals surface area contributed by atoms with Crippen molar-refractivity contribution in [2.24, 2.45) is 5.92 Å². The maximum atomic E-state index is 12.1. The van der Waals surface area contributed by atoms with Crippen LogP contribution in [0.1, 0.15) is 20.8 Å². The minimum absolute atomic E-state index is 0.00856. The van der Waals surface area contributed by atoms with Gasteiger partial charge in [0.05, 0.1) is 23.3 Å². The average Bonchev–Trinajstić information content (AvgIpc) is 3.06. The molecule has 0 saturated heterocycles.